The Kier molecular flexibility index (Phi) is 4.79. The Balaban J connectivity index is 1.75. The maximum Gasteiger partial charge on any atom is 0.310 e. The molecule has 1 amide bonds. The van der Waals surface area contributed by atoms with Gasteiger partial charge in [-0.15, -0.1) is 0 Å². The molecule has 1 aromatic rings. The molecule has 2 atom stereocenters. The highest BCUT2D eigenvalue weighted by atomic mass is 79.9. The molecule has 20 heavy (non-hydrogen) atoms. The number of halogens is 1. The molecule has 0 saturated heterocycles. The Morgan fingerprint density at radius 2 is 2.00 bits per heavy atom. The lowest BCUT2D eigenvalue weighted by molar-refractivity contribution is -0.140. The highest BCUT2D eigenvalue weighted by Gasteiger charge is 2.25. The molecular formula is C14H14BrNO4. The number of aliphatic carboxylic acids is 1. The summed E-state index contributed by atoms with van der Waals surface area (Å²) in [5.74, 6) is -1.06. The van der Waals surface area contributed by atoms with Crippen molar-refractivity contribution in [3.8, 4) is 5.75 Å². The molecule has 106 valence electrons. The van der Waals surface area contributed by atoms with E-state index in [1.165, 1.54) is 0 Å². The van der Waals surface area contributed by atoms with E-state index in [0.29, 0.717) is 12.2 Å². The van der Waals surface area contributed by atoms with Crippen molar-refractivity contribution in [1.29, 1.82) is 0 Å². The lowest BCUT2D eigenvalue weighted by Crippen LogP contribution is -2.36. The summed E-state index contributed by atoms with van der Waals surface area (Å²) in [6, 6.07) is 6.92. The Labute approximate surface area is 124 Å². The summed E-state index contributed by atoms with van der Waals surface area (Å²) in [6.07, 6.45) is 3.69. The van der Waals surface area contributed by atoms with Gasteiger partial charge in [-0.2, -0.15) is 0 Å². The van der Waals surface area contributed by atoms with Gasteiger partial charge in [-0.25, -0.2) is 0 Å². The van der Waals surface area contributed by atoms with Crippen molar-refractivity contribution < 1.29 is 19.4 Å². The van der Waals surface area contributed by atoms with Gasteiger partial charge in [-0.1, -0.05) is 28.1 Å². The van der Waals surface area contributed by atoms with Crippen molar-refractivity contribution in [2.45, 2.75) is 12.5 Å². The second kappa shape index (κ2) is 6.56. The minimum Gasteiger partial charge on any atom is -0.484 e. The largest absolute Gasteiger partial charge is 0.484 e. The monoisotopic (exact) mass is 339 g/mol. The summed E-state index contributed by atoms with van der Waals surface area (Å²) < 4.78 is 6.27. The van der Waals surface area contributed by atoms with Gasteiger partial charge in [0.2, 0.25) is 0 Å². The number of benzene rings is 1. The van der Waals surface area contributed by atoms with Crippen LogP contribution in [-0.4, -0.2) is 29.6 Å². The van der Waals surface area contributed by atoms with E-state index in [4.69, 9.17) is 9.84 Å². The zero-order valence-corrected chi connectivity index (χ0v) is 12.2. The van der Waals surface area contributed by atoms with E-state index < -0.39 is 11.9 Å². The van der Waals surface area contributed by atoms with Gasteiger partial charge in [0.15, 0.2) is 6.61 Å². The quantitative estimate of drug-likeness (QED) is 0.804. The van der Waals surface area contributed by atoms with E-state index in [2.05, 4.69) is 21.2 Å². The molecule has 2 N–H and O–H groups in total. The third kappa shape index (κ3) is 4.09. The fourth-order valence-corrected chi connectivity index (χ4v) is 2.18. The number of carbonyl (C=O) groups is 2. The Bertz CT molecular complexity index is 526. The average molecular weight is 340 g/mol. The van der Waals surface area contributed by atoms with Gasteiger partial charge < -0.3 is 15.2 Å². The summed E-state index contributed by atoms with van der Waals surface area (Å²) in [5, 5.41) is 11.6. The summed E-state index contributed by atoms with van der Waals surface area (Å²) >= 11 is 3.31. The molecule has 0 fully saturated rings. The van der Waals surface area contributed by atoms with Crippen LogP contribution in [0, 0.1) is 5.92 Å². The minimum atomic E-state index is -0.871. The number of hydrogen-bond acceptors (Lipinski definition) is 3. The number of carboxylic acids is 1. The molecule has 1 aromatic carbocycles. The normalized spacial score (nSPS) is 20.6. The molecule has 2 unspecified atom stereocenters. The molecule has 1 aliphatic rings. The Morgan fingerprint density at radius 3 is 2.60 bits per heavy atom. The van der Waals surface area contributed by atoms with Crippen molar-refractivity contribution in [2.75, 3.05) is 6.61 Å². The number of carbonyl (C=O) groups excluding carboxylic acids is 1. The molecule has 2 rings (SSSR count). The van der Waals surface area contributed by atoms with Crippen LogP contribution in [0.5, 0.6) is 5.75 Å². The molecule has 1 aliphatic carbocycles. The first-order chi connectivity index (χ1) is 9.54. The van der Waals surface area contributed by atoms with Crippen molar-refractivity contribution in [3.05, 3.63) is 40.9 Å². The van der Waals surface area contributed by atoms with Crippen LogP contribution < -0.4 is 10.1 Å². The predicted octanol–water partition coefficient (Wildman–Crippen LogP) is 1.97. The third-order valence-corrected chi connectivity index (χ3v) is 3.46. The zero-order chi connectivity index (χ0) is 14.5. The van der Waals surface area contributed by atoms with Gasteiger partial charge in [-0.3, -0.25) is 9.59 Å². The maximum absolute atomic E-state index is 11.7. The molecule has 0 radical (unpaired) electrons. The molecule has 0 spiro atoms. The summed E-state index contributed by atoms with van der Waals surface area (Å²) in [5.41, 5.74) is 0. The van der Waals surface area contributed by atoms with Crippen LogP contribution in [-0.2, 0) is 9.59 Å². The first-order valence-electron chi connectivity index (χ1n) is 6.13. The second-order valence-corrected chi connectivity index (χ2v) is 5.40. The van der Waals surface area contributed by atoms with Gasteiger partial charge in [0.1, 0.15) is 5.75 Å². The summed E-state index contributed by atoms with van der Waals surface area (Å²) in [6.45, 7) is -0.0935. The Hall–Kier alpha value is -1.82. The first kappa shape index (κ1) is 14.6. The lowest BCUT2D eigenvalue weighted by Gasteiger charge is -2.12. The second-order valence-electron chi connectivity index (χ2n) is 4.48. The van der Waals surface area contributed by atoms with Crippen LogP contribution in [0.1, 0.15) is 6.42 Å². The minimum absolute atomic E-state index is 0.0935. The lowest BCUT2D eigenvalue weighted by atomic mass is 10.1. The molecule has 6 heteroatoms. The molecule has 0 aliphatic heterocycles. The van der Waals surface area contributed by atoms with E-state index in [9.17, 15) is 9.59 Å². The Morgan fingerprint density at radius 1 is 1.30 bits per heavy atom. The van der Waals surface area contributed by atoms with E-state index in [1.54, 1.807) is 24.3 Å². The van der Waals surface area contributed by atoms with Crippen molar-refractivity contribution in [2.24, 2.45) is 5.92 Å². The number of ether oxygens (including phenoxy) is 1. The molecule has 0 saturated carbocycles. The summed E-state index contributed by atoms with van der Waals surface area (Å²) in [7, 11) is 0. The topological polar surface area (TPSA) is 75.6 Å². The van der Waals surface area contributed by atoms with Crippen molar-refractivity contribution >= 4 is 27.8 Å². The van der Waals surface area contributed by atoms with Gasteiger partial charge in [0.25, 0.3) is 5.91 Å². The van der Waals surface area contributed by atoms with E-state index in [-0.39, 0.29) is 18.6 Å². The number of carboxylic acid groups (broad SMARTS) is 1. The third-order valence-electron chi connectivity index (χ3n) is 2.93. The smallest absolute Gasteiger partial charge is 0.310 e. The highest BCUT2D eigenvalue weighted by Crippen LogP contribution is 2.18. The number of nitrogens with one attached hydrogen (secondary N) is 1. The van der Waals surface area contributed by atoms with Crippen molar-refractivity contribution in [1.82, 2.24) is 5.32 Å². The van der Waals surface area contributed by atoms with Crippen LogP contribution in [0.15, 0.2) is 40.9 Å². The van der Waals surface area contributed by atoms with Crippen LogP contribution >= 0.6 is 15.9 Å². The number of amides is 1. The van der Waals surface area contributed by atoms with Gasteiger partial charge in [0.05, 0.1) is 5.92 Å². The van der Waals surface area contributed by atoms with E-state index >= 15 is 0 Å². The molecule has 0 aromatic heterocycles. The standard InChI is InChI=1S/C14H14BrNO4/c15-10-2-5-12(6-3-10)20-8-13(17)16-11-4-1-9(7-11)14(18)19/h1-6,9,11H,7-8H2,(H,16,17)(H,18,19). The fourth-order valence-electron chi connectivity index (χ4n) is 1.92. The van der Waals surface area contributed by atoms with E-state index in [1.807, 2.05) is 12.1 Å². The van der Waals surface area contributed by atoms with Crippen LogP contribution in [0.4, 0.5) is 0 Å². The predicted molar refractivity (Wildman–Crippen MR) is 76.5 cm³/mol. The molecular weight excluding hydrogens is 326 g/mol. The maximum atomic E-state index is 11.7. The van der Waals surface area contributed by atoms with Gasteiger partial charge >= 0.3 is 5.97 Å². The molecule has 0 heterocycles. The zero-order valence-electron chi connectivity index (χ0n) is 10.6. The van der Waals surface area contributed by atoms with Crippen molar-refractivity contribution in [3.63, 3.8) is 0 Å². The fraction of sp³-hybridized carbons (Fsp3) is 0.286. The first-order valence-corrected chi connectivity index (χ1v) is 6.93. The number of hydrogen-bond donors (Lipinski definition) is 2. The molecule has 0 bridgehead atoms. The van der Waals surface area contributed by atoms with Gasteiger partial charge in [-0.05, 0) is 30.7 Å². The molecule has 5 nitrogen and oxygen atoms in total. The SMILES string of the molecule is O=C(COc1ccc(Br)cc1)NC1C=CC(C(=O)O)C1. The average Bonchev–Trinajstić information content (AvgIpc) is 2.87. The van der Waals surface area contributed by atoms with Crippen LogP contribution in [0.25, 0.3) is 0 Å². The summed E-state index contributed by atoms with van der Waals surface area (Å²) in [4.78, 5) is 22.5. The van der Waals surface area contributed by atoms with Crippen LogP contribution in [0.2, 0.25) is 0 Å². The van der Waals surface area contributed by atoms with Crippen LogP contribution in [0.3, 0.4) is 0 Å². The highest BCUT2D eigenvalue weighted by molar-refractivity contribution is 9.10. The number of rotatable bonds is 5. The van der Waals surface area contributed by atoms with Gasteiger partial charge in [0, 0.05) is 10.5 Å². The van der Waals surface area contributed by atoms with E-state index in [0.717, 1.165) is 4.47 Å².